The maximum absolute atomic E-state index is 5.12. The van der Waals surface area contributed by atoms with Gasteiger partial charge in [0.05, 0.1) is 14.2 Å². The van der Waals surface area contributed by atoms with E-state index in [2.05, 4.69) is 27.4 Å². The Bertz CT molecular complexity index is 514. The van der Waals surface area contributed by atoms with Crippen LogP contribution in [0.15, 0.2) is 36.7 Å². The number of nitrogens with zero attached hydrogens (tertiary/aromatic N) is 2. The van der Waals surface area contributed by atoms with Crippen molar-refractivity contribution in [1.29, 1.82) is 0 Å². The number of hydrogen-bond donors (Lipinski definition) is 1. The van der Waals surface area contributed by atoms with E-state index in [1.54, 1.807) is 20.3 Å². The predicted molar refractivity (Wildman–Crippen MR) is 73.8 cm³/mol. The van der Waals surface area contributed by atoms with Crippen molar-refractivity contribution in [3.63, 3.8) is 0 Å². The molecule has 0 bridgehead atoms. The largest absolute Gasteiger partial charge is 0.497 e. The summed E-state index contributed by atoms with van der Waals surface area (Å²) in [6, 6.07) is 9.81. The van der Waals surface area contributed by atoms with Crippen LogP contribution in [0.3, 0.4) is 0 Å². The van der Waals surface area contributed by atoms with Gasteiger partial charge in [-0.1, -0.05) is 12.1 Å². The lowest BCUT2D eigenvalue weighted by molar-refractivity contribution is 0.397. The third-order valence-corrected chi connectivity index (χ3v) is 2.73. The summed E-state index contributed by atoms with van der Waals surface area (Å²) < 4.78 is 10.2. The van der Waals surface area contributed by atoms with Crippen LogP contribution in [-0.2, 0) is 6.42 Å². The summed E-state index contributed by atoms with van der Waals surface area (Å²) in [6.07, 6.45) is 2.39. The fraction of sp³-hybridized carbons (Fsp3) is 0.286. The molecule has 0 fully saturated rings. The lowest BCUT2D eigenvalue weighted by atomic mass is 10.1. The molecule has 1 aromatic carbocycles. The molecule has 0 amide bonds. The smallest absolute Gasteiger partial charge is 0.218 e. The molecule has 0 saturated carbocycles. The minimum absolute atomic E-state index is 0.557. The summed E-state index contributed by atoms with van der Waals surface area (Å²) in [7, 11) is 3.25. The average Bonchev–Trinajstić information content (AvgIpc) is 2.48. The minimum atomic E-state index is 0.557. The zero-order valence-electron chi connectivity index (χ0n) is 11.1. The molecule has 0 aliphatic heterocycles. The first-order chi connectivity index (χ1) is 9.31. The van der Waals surface area contributed by atoms with E-state index in [0.717, 1.165) is 24.5 Å². The summed E-state index contributed by atoms with van der Waals surface area (Å²) in [6.45, 7) is 0.798. The lowest BCUT2D eigenvalue weighted by Crippen LogP contribution is -2.06. The molecule has 0 saturated heterocycles. The van der Waals surface area contributed by atoms with Gasteiger partial charge in [0.2, 0.25) is 5.88 Å². The van der Waals surface area contributed by atoms with Crippen LogP contribution in [0.25, 0.3) is 0 Å². The third kappa shape index (κ3) is 3.84. The van der Waals surface area contributed by atoms with Crippen molar-refractivity contribution in [2.45, 2.75) is 6.42 Å². The zero-order valence-corrected chi connectivity index (χ0v) is 11.1. The molecule has 0 spiro atoms. The van der Waals surface area contributed by atoms with Gasteiger partial charge in [0.15, 0.2) is 0 Å². The Balaban J connectivity index is 1.85. The molecule has 0 radical (unpaired) electrons. The molecule has 100 valence electrons. The van der Waals surface area contributed by atoms with Gasteiger partial charge in [0.25, 0.3) is 0 Å². The van der Waals surface area contributed by atoms with Crippen LogP contribution in [-0.4, -0.2) is 30.7 Å². The van der Waals surface area contributed by atoms with Crippen LogP contribution in [0.1, 0.15) is 5.56 Å². The number of rotatable bonds is 6. The first kappa shape index (κ1) is 13.1. The SMILES string of the molecule is COc1ccc(CCNc2cc(OC)ncn2)cc1. The van der Waals surface area contributed by atoms with E-state index < -0.39 is 0 Å². The second-order valence-electron chi connectivity index (χ2n) is 3.97. The first-order valence-corrected chi connectivity index (χ1v) is 6.04. The van der Waals surface area contributed by atoms with Crippen LogP contribution >= 0.6 is 0 Å². The van der Waals surface area contributed by atoms with Crippen molar-refractivity contribution in [1.82, 2.24) is 9.97 Å². The van der Waals surface area contributed by atoms with E-state index >= 15 is 0 Å². The Labute approximate surface area is 112 Å². The number of nitrogens with one attached hydrogen (secondary N) is 1. The highest BCUT2D eigenvalue weighted by atomic mass is 16.5. The fourth-order valence-electron chi connectivity index (χ4n) is 1.67. The van der Waals surface area contributed by atoms with Crippen molar-refractivity contribution in [2.24, 2.45) is 0 Å². The van der Waals surface area contributed by atoms with Crippen molar-refractivity contribution in [2.75, 3.05) is 26.1 Å². The van der Waals surface area contributed by atoms with Crippen molar-refractivity contribution >= 4 is 5.82 Å². The maximum Gasteiger partial charge on any atom is 0.218 e. The Kier molecular flexibility index (Phi) is 4.55. The van der Waals surface area contributed by atoms with Crippen molar-refractivity contribution in [3.8, 4) is 11.6 Å². The summed E-state index contributed by atoms with van der Waals surface area (Å²) >= 11 is 0. The molecule has 0 aliphatic rings. The first-order valence-electron chi connectivity index (χ1n) is 6.04. The summed E-state index contributed by atoms with van der Waals surface area (Å²) in [5.41, 5.74) is 1.24. The maximum atomic E-state index is 5.12. The molecule has 5 nitrogen and oxygen atoms in total. The molecule has 2 rings (SSSR count). The van der Waals surface area contributed by atoms with Gasteiger partial charge in [-0.2, -0.15) is 0 Å². The molecule has 0 aliphatic carbocycles. The van der Waals surface area contributed by atoms with Gasteiger partial charge >= 0.3 is 0 Å². The van der Waals surface area contributed by atoms with E-state index in [0.29, 0.717) is 5.88 Å². The van der Waals surface area contributed by atoms with E-state index in [1.807, 2.05) is 12.1 Å². The van der Waals surface area contributed by atoms with E-state index in [-0.39, 0.29) is 0 Å². The summed E-state index contributed by atoms with van der Waals surface area (Å²) in [5, 5.41) is 3.23. The van der Waals surface area contributed by atoms with Gasteiger partial charge in [-0.25, -0.2) is 9.97 Å². The lowest BCUT2D eigenvalue weighted by Gasteiger charge is -2.07. The molecule has 1 N–H and O–H groups in total. The number of aromatic nitrogens is 2. The third-order valence-electron chi connectivity index (χ3n) is 2.73. The Morgan fingerprint density at radius 3 is 2.53 bits per heavy atom. The van der Waals surface area contributed by atoms with Gasteiger partial charge in [-0.05, 0) is 24.1 Å². The summed E-state index contributed by atoms with van der Waals surface area (Å²) in [5.74, 6) is 2.19. The van der Waals surface area contributed by atoms with E-state index in [9.17, 15) is 0 Å². The standard InChI is InChI=1S/C14H17N3O2/c1-18-12-5-3-11(4-6-12)7-8-15-13-9-14(19-2)17-10-16-13/h3-6,9-10H,7-8H2,1-2H3,(H,15,16,17). The van der Waals surface area contributed by atoms with Gasteiger partial charge in [0, 0.05) is 12.6 Å². The van der Waals surface area contributed by atoms with Crippen molar-refractivity contribution in [3.05, 3.63) is 42.2 Å². The van der Waals surface area contributed by atoms with E-state index in [4.69, 9.17) is 9.47 Å². The van der Waals surface area contributed by atoms with Crippen LogP contribution < -0.4 is 14.8 Å². The molecule has 2 aromatic rings. The zero-order chi connectivity index (χ0) is 13.5. The topological polar surface area (TPSA) is 56.3 Å². The van der Waals surface area contributed by atoms with Crippen LogP contribution in [0.4, 0.5) is 5.82 Å². The van der Waals surface area contributed by atoms with Crippen LogP contribution in [0.2, 0.25) is 0 Å². The molecular weight excluding hydrogens is 242 g/mol. The number of methoxy groups -OCH3 is 2. The molecule has 19 heavy (non-hydrogen) atoms. The molecule has 0 unspecified atom stereocenters. The molecule has 1 aromatic heterocycles. The van der Waals surface area contributed by atoms with Gasteiger partial charge < -0.3 is 14.8 Å². The second-order valence-corrected chi connectivity index (χ2v) is 3.97. The number of benzene rings is 1. The monoisotopic (exact) mass is 259 g/mol. The van der Waals surface area contributed by atoms with Gasteiger partial charge in [-0.3, -0.25) is 0 Å². The van der Waals surface area contributed by atoms with Gasteiger partial charge in [0.1, 0.15) is 17.9 Å². The predicted octanol–water partition coefficient (Wildman–Crippen LogP) is 2.15. The highest BCUT2D eigenvalue weighted by Gasteiger charge is 1.98. The molecule has 0 atom stereocenters. The molecule has 1 heterocycles. The van der Waals surface area contributed by atoms with Crippen LogP contribution in [0.5, 0.6) is 11.6 Å². The quantitative estimate of drug-likeness (QED) is 0.861. The number of ether oxygens (including phenoxy) is 2. The Morgan fingerprint density at radius 2 is 1.84 bits per heavy atom. The summed E-state index contributed by atoms with van der Waals surface area (Å²) in [4.78, 5) is 8.08. The number of anilines is 1. The molecule has 5 heteroatoms. The van der Waals surface area contributed by atoms with Crippen LogP contribution in [0, 0.1) is 0 Å². The Hall–Kier alpha value is -2.30. The number of hydrogen-bond acceptors (Lipinski definition) is 5. The highest BCUT2D eigenvalue weighted by Crippen LogP contribution is 2.13. The normalized spacial score (nSPS) is 10.0. The second kappa shape index (κ2) is 6.58. The highest BCUT2D eigenvalue weighted by molar-refractivity contribution is 5.37. The molecular formula is C14H17N3O2. The fourth-order valence-corrected chi connectivity index (χ4v) is 1.67. The minimum Gasteiger partial charge on any atom is -0.497 e. The van der Waals surface area contributed by atoms with Crippen molar-refractivity contribution < 1.29 is 9.47 Å². The average molecular weight is 259 g/mol. The van der Waals surface area contributed by atoms with E-state index in [1.165, 1.54) is 11.9 Å². The van der Waals surface area contributed by atoms with Gasteiger partial charge in [-0.15, -0.1) is 0 Å². The Morgan fingerprint density at radius 1 is 1.05 bits per heavy atom.